The van der Waals surface area contributed by atoms with E-state index < -0.39 is 34.2 Å². The van der Waals surface area contributed by atoms with Crippen molar-refractivity contribution >= 4 is 0 Å². The molecule has 1 N–H and O–H groups in total. The minimum Gasteiger partial charge on any atom is -0.493 e. The van der Waals surface area contributed by atoms with E-state index in [0.717, 1.165) is 24.9 Å². The lowest BCUT2D eigenvalue weighted by atomic mass is 9.47. The van der Waals surface area contributed by atoms with Crippen LogP contribution in [0.1, 0.15) is 17.5 Å². The van der Waals surface area contributed by atoms with Crippen LogP contribution in [0.3, 0.4) is 0 Å². The van der Waals surface area contributed by atoms with Crippen LogP contribution in [-0.2, 0) is 27.8 Å². The molecular weight excluding hydrogens is 388 g/mol. The Bertz CT molecular complexity index is 1290. The summed E-state index contributed by atoms with van der Waals surface area (Å²) in [5, 5.41) is 0. The van der Waals surface area contributed by atoms with Crippen molar-refractivity contribution in [3.05, 3.63) is 56.4 Å². The SMILES string of the molecule is COc1ccc2c3c1OC1C4(OC)C=CC5(C(C2)N(C)CCC315)n1c(=O)[nH]c(=O)n14. The summed E-state index contributed by atoms with van der Waals surface area (Å²) in [6.45, 7) is 0.861. The summed E-state index contributed by atoms with van der Waals surface area (Å²) >= 11 is 0. The molecule has 8 rings (SSSR count). The van der Waals surface area contributed by atoms with Crippen LogP contribution in [0.4, 0.5) is 0 Å². The summed E-state index contributed by atoms with van der Waals surface area (Å²) < 4.78 is 21.4. The molecule has 2 spiro atoms. The van der Waals surface area contributed by atoms with Gasteiger partial charge >= 0.3 is 11.4 Å². The second-order valence-electron chi connectivity index (χ2n) is 9.02. The summed E-state index contributed by atoms with van der Waals surface area (Å²) in [5.74, 6) is 1.38. The van der Waals surface area contributed by atoms with Crippen LogP contribution in [0.2, 0.25) is 0 Å². The molecule has 1 aromatic heterocycles. The molecule has 2 aromatic rings. The van der Waals surface area contributed by atoms with Crippen LogP contribution in [0.25, 0.3) is 0 Å². The molecule has 4 bridgehead atoms. The number of likely N-dealkylation sites (tertiary alicyclic amines) is 1. The molecule has 0 amide bonds. The topological polar surface area (TPSA) is 90.7 Å². The summed E-state index contributed by atoms with van der Waals surface area (Å²) in [5.41, 5.74) is -1.11. The summed E-state index contributed by atoms with van der Waals surface area (Å²) in [4.78, 5) is 31.0. The largest absolute Gasteiger partial charge is 0.493 e. The predicted molar refractivity (Wildman–Crippen MR) is 105 cm³/mol. The average molecular weight is 410 g/mol. The van der Waals surface area contributed by atoms with E-state index >= 15 is 0 Å². The highest BCUT2D eigenvalue weighted by atomic mass is 16.6. The maximum absolute atomic E-state index is 13.2. The van der Waals surface area contributed by atoms with Crippen molar-refractivity contribution in [1.82, 2.24) is 19.2 Å². The monoisotopic (exact) mass is 410 g/mol. The van der Waals surface area contributed by atoms with E-state index in [1.165, 1.54) is 10.2 Å². The number of hydrogen-bond acceptors (Lipinski definition) is 6. The molecular formula is C21H22N4O5. The second kappa shape index (κ2) is 4.76. The number of hydrogen-bond donors (Lipinski definition) is 1. The first kappa shape index (κ1) is 17.0. The Labute approximate surface area is 171 Å². The number of piperidine rings is 1. The number of methoxy groups -OCH3 is 2. The van der Waals surface area contributed by atoms with Gasteiger partial charge in [0.05, 0.1) is 12.5 Å². The Balaban J connectivity index is 1.72. The van der Waals surface area contributed by atoms with Crippen LogP contribution < -0.4 is 20.9 Å². The number of nitrogens with zero attached hydrogens (tertiary/aromatic N) is 3. The molecule has 5 atom stereocenters. The first-order valence-corrected chi connectivity index (χ1v) is 10.2. The molecule has 2 aliphatic carbocycles. The normalized spacial score (nSPS) is 38.9. The highest BCUT2D eigenvalue weighted by molar-refractivity contribution is 5.65. The molecule has 0 radical (unpaired) electrons. The van der Waals surface area contributed by atoms with Gasteiger partial charge in [-0.1, -0.05) is 12.1 Å². The summed E-state index contributed by atoms with van der Waals surface area (Å²) in [7, 11) is 5.29. The number of benzene rings is 1. The van der Waals surface area contributed by atoms with Crippen molar-refractivity contribution in [3.63, 3.8) is 0 Å². The van der Waals surface area contributed by atoms with Crippen LogP contribution >= 0.6 is 0 Å². The van der Waals surface area contributed by atoms with Crippen molar-refractivity contribution in [2.45, 2.75) is 41.7 Å². The number of nitrogens with one attached hydrogen (secondary N) is 1. The second-order valence-corrected chi connectivity index (χ2v) is 9.02. The number of likely N-dealkylation sites (N-methyl/N-ethyl adjacent to an activating group) is 1. The van der Waals surface area contributed by atoms with Crippen LogP contribution in [-0.4, -0.2) is 59.2 Å². The van der Waals surface area contributed by atoms with Crippen molar-refractivity contribution in [3.8, 4) is 11.5 Å². The lowest BCUT2D eigenvalue weighted by molar-refractivity contribution is -0.229. The van der Waals surface area contributed by atoms with Crippen LogP contribution in [0, 0.1) is 0 Å². The molecule has 156 valence electrons. The van der Waals surface area contributed by atoms with Gasteiger partial charge in [-0.05, 0) is 44.1 Å². The fraction of sp³-hybridized carbons (Fsp3) is 0.524. The molecule has 30 heavy (non-hydrogen) atoms. The van der Waals surface area contributed by atoms with E-state index in [-0.39, 0.29) is 6.04 Å². The van der Waals surface area contributed by atoms with Crippen molar-refractivity contribution < 1.29 is 14.2 Å². The van der Waals surface area contributed by atoms with Crippen LogP contribution in [0.5, 0.6) is 11.5 Å². The molecule has 9 nitrogen and oxygen atoms in total. The Morgan fingerprint density at radius 3 is 2.73 bits per heavy atom. The van der Waals surface area contributed by atoms with Gasteiger partial charge < -0.3 is 19.1 Å². The third-order valence-electron chi connectivity index (χ3n) is 8.34. The quantitative estimate of drug-likeness (QED) is 0.695. The standard InChI is InChI=1S/C21H22N4O5/c1-23-9-8-19-14-11-4-5-12(28-2)15(14)30-16(19)21(29-3)7-6-20(19,13(23)10-11)24-17(26)22-18(27)25(21)24/h4-7,13,16H,8-10H2,1-3H3,(H,22,26,27). The molecule has 4 aliphatic heterocycles. The van der Waals surface area contributed by atoms with Crippen molar-refractivity contribution in [2.75, 3.05) is 27.8 Å². The van der Waals surface area contributed by atoms with E-state index in [2.05, 4.69) is 29.1 Å². The van der Waals surface area contributed by atoms with Crippen LogP contribution in [0.15, 0.2) is 33.9 Å². The van der Waals surface area contributed by atoms with E-state index in [4.69, 9.17) is 14.2 Å². The lowest BCUT2D eigenvalue weighted by Crippen LogP contribution is -2.83. The van der Waals surface area contributed by atoms with Gasteiger partial charge in [0.1, 0.15) is 5.54 Å². The first-order valence-electron chi connectivity index (χ1n) is 10.2. The molecule has 1 saturated heterocycles. The lowest BCUT2D eigenvalue weighted by Gasteiger charge is -2.68. The number of ether oxygens (including phenoxy) is 3. The minimum atomic E-state index is -1.23. The van der Waals surface area contributed by atoms with Gasteiger partial charge in [-0.25, -0.2) is 14.3 Å². The maximum atomic E-state index is 13.2. The van der Waals surface area contributed by atoms with E-state index in [1.54, 1.807) is 18.9 Å². The average Bonchev–Trinajstić information content (AvgIpc) is 3.27. The predicted octanol–water partition coefficient (Wildman–Crippen LogP) is -0.116. The van der Waals surface area contributed by atoms with Gasteiger partial charge in [0.25, 0.3) is 0 Å². The van der Waals surface area contributed by atoms with Crippen molar-refractivity contribution in [1.29, 1.82) is 0 Å². The highest BCUT2D eigenvalue weighted by Crippen LogP contribution is 2.70. The fourth-order valence-electron chi connectivity index (χ4n) is 7.32. The molecule has 5 unspecified atom stereocenters. The van der Waals surface area contributed by atoms with Gasteiger partial charge in [0.2, 0.25) is 5.72 Å². The molecule has 6 aliphatic rings. The summed E-state index contributed by atoms with van der Waals surface area (Å²) in [6.07, 6.45) is 5.05. The molecule has 1 aromatic carbocycles. The third-order valence-corrected chi connectivity index (χ3v) is 8.34. The smallest absolute Gasteiger partial charge is 0.347 e. The Morgan fingerprint density at radius 2 is 1.97 bits per heavy atom. The highest BCUT2D eigenvalue weighted by Gasteiger charge is 2.80. The first-order chi connectivity index (χ1) is 14.5. The number of H-pyrrole nitrogens is 1. The Hall–Kier alpha value is -2.78. The van der Waals surface area contributed by atoms with Gasteiger partial charge in [-0.2, -0.15) is 4.68 Å². The number of rotatable bonds is 2. The Morgan fingerprint density at radius 1 is 1.17 bits per heavy atom. The van der Waals surface area contributed by atoms with E-state index in [9.17, 15) is 9.59 Å². The van der Waals surface area contributed by atoms with Gasteiger partial charge in [-0.3, -0.25) is 4.98 Å². The van der Waals surface area contributed by atoms with E-state index in [0.29, 0.717) is 11.5 Å². The zero-order valence-corrected chi connectivity index (χ0v) is 17.0. The van der Waals surface area contributed by atoms with Gasteiger partial charge in [0.15, 0.2) is 17.6 Å². The molecule has 9 heteroatoms. The van der Waals surface area contributed by atoms with Gasteiger partial charge in [-0.15, -0.1) is 0 Å². The zero-order valence-electron chi connectivity index (χ0n) is 17.0. The third kappa shape index (κ3) is 1.34. The molecule has 1 fully saturated rings. The van der Waals surface area contributed by atoms with E-state index in [1.807, 2.05) is 12.1 Å². The van der Waals surface area contributed by atoms with Crippen molar-refractivity contribution in [2.24, 2.45) is 0 Å². The fourth-order valence-corrected chi connectivity index (χ4v) is 7.32. The summed E-state index contributed by atoms with van der Waals surface area (Å²) in [6, 6.07) is 4.06. The molecule has 0 saturated carbocycles. The number of aromatic nitrogens is 3. The minimum absolute atomic E-state index is 0.00486. The van der Waals surface area contributed by atoms with Gasteiger partial charge in [0, 0.05) is 18.7 Å². The Kier molecular flexibility index (Phi) is 2.69. The maximum Gasteiger partial charge on any atom is 0.347 e. The molecule has 5 heterocycles. The zero-order chi connectivity index (χ0) is 20.6. The number of aromatic amines is 1.